The molecule has 1 aromatic heterocycles. The lowest BCUT2D eigenvalue weighted by molar-refractivity contribution is -0.116. The van der Waals surface area contributed by atoms with Gasteiger partial charge in [0.1, 0.15) is 11.6 Å². The Balaban J connectivity index is 0.000000221. The second-order valence-electron chi connectivity index (χ2n) is 8.77. The molecule has 7 heteroatoms. The molecule has 0 saturated carbocycles. The van der Waals surface area contributed by atoms with Gasteiger partial charge in [0.25, 0.3) is 5.91 Å². The third-order valence-corrected chi connectivity index (χ3v) is 6.34. The Hall–Kier alpha value is -3.45. The summed E-state index contributed by atoms with van der Waals surface area (Å²) in [7, 11) is 3.46. The van der Waals surface area contributed by atoms with E-state index in [4.69, 9.17) is 9.47 Å². The molecule has 0 bridgehead atoms. The average molecular weight is 494 g/mol. The van der Waals surface area contributed by atoms with Crippen LogP contribution in [0.1, 0.15) is 43.4 Å². The first kappa shape index (κ1) is 27.1. The van der Waals surface area contributed by atoms with E-state index in [1.807, 2.05) is 24.1 Å². The van der Waals surface area contributed by atoms with Gasteiger partial charge in [-0.3, -0.25) is 9.48 Å². The van der Waals surface area contributed by atoms with Crippen molar-refractivity contribution in [2.24, 2.45) is 7.05 Å². The zero-order valence-corrected chi connectivity index (χ0v) is 21.8. The van der Waals surface area contributed by atoms with E-state index in [1.165, 1.54) is 29.9 Å². The molecule has 1 aliphatic heterocycles. The molecule has 1 fully saturated rings. The van der Waals surface area contributed by atoms with Crippen molar-refractivity contribution in [1.82, 2.24) is 15.1 Å². The number of allylic oxidation sites excluding steroid dienone is 1. The lowest BCUT2D eigenvalue weighted by Crippen LogP contribution is -2.39. The van der Waals surface area contributed by atoms with Crippen LogP contribution in [0.2, 0.25) is 0 Å². The first-order chi connectivity index (χ1) is 17.4. The smallest absolute Gasteiger partial charge is 0.251 e. The summed E-state index contributed by atoms with van der Waals surface area (Å²) >= 11 is 0. The highest BCUT2D eigenvalue weighted by atomic mass is 19.1. The normalized spacial score (nSPS) is 14.1. The molecule has 1 amide bonds. The minimum atomic E-state index is -0.423. The Morgan fingerprint density at radius 2 is 1.89 bits per heavy atom. The topological polar surface area (TPSA) is 65.4 Å². The van der Waals surface area contributed by atoms with Gasteiger partial charge in [-0.25, -0.2) is 4.39 Å². The standard InChI is InChI=1S/C17H22FNO3.C12H14N2/c1-4-13(17(20)19-12-7-9-22-10-8-12)16-11(2)15(21-3)6-5-14(16)18;1-3-10-4-6-11(7-5-10)12-8-13-14(2)9-12/h4-6,12H,7-10H2,1-3H3,(H,19,20);4-9H,3H2,1-2H3/b13-4+;. The number of hydrogen-bond donors (Lipinski definition) is 1. The molecule has 0 radical (unpaired) electrons. The molecule has 192 valence electrons. The third kappa shape index (κ3) is 6.82. The van der Waals surface area contributed by atoms with Gasteiger partial charge < -0.3 is 14.8 Å². The number of aryl methyl sites for hydroxylation is 2. The molecule has 6 nitrogen and oxygen atoms in total. The van der Waals surface area contributed by atoms with Gasteiger partial charge >= 0.3 is 0 Å². The number of hydrogen-bond acceptors (Lipinski definition) is 4. The lowest BCUT2D eigenvalue weighted by atomic mass is 9.97. The number of rotatable bonds is 6. The van der Waals surface area contributed by atoms with Gasteiger partial charge in [0.2, 0.25) is 0 Å². The van der Waals surface area contributed by atoms with Gasteiger partial charge in [-0.1, -0.05) is 37.3 Å². The van der Waals surface area contributed by atoms with E-state index in [1.54, 1.807) is 26.0 Å². The van der Waals surface area contributed by atoms with Crippen molar-refractivity contribution in [1.29, 1.82) is 0 Å². The SMILES string of the molecule is C/C=C(/C(=O)NC1CCOCC1)c1c(F)ccc(OC)c1C.CCc1ccc(-c2cnn(C)c2)cc1. The number of ether oxygens (including phenoxy) is 2. The van der Waals surface area contributed by atoms with Crippen molar-refractivity contribution >= 4 is 11.5 Å². The highest BCUT2D eigenvalue weighted by Crippen LogP contribution is 2.30. The summed E-state index contributed by atoms with van der Waals surface area (Å²) < 4.78 is 26.6. The van der Waals surface area contributed by atoms with Crippen LogP contribution in [0.15, 0.2) is 54.9 Å². The van der Waals surface area contributed by atoms with E-state index in [2.05, 4.69) is 41.6 Å². The number of nitrogens with zero attached hydrogens (tertiary/aromatic N) is 2. The number of nitrogens with one attached hydrogen (secondary N) is 1. The summed E-state index contributed by atoms with van der Waals surface area (Å²) in [5.41, 5.74) is 5.03. The zero-order chi connectivity index (χ0) is 26.1. The average Bonchev–Trinajstić information content (AvgIpc) is 3.33. The molecule has 1 aliphatic rings. The van der Waals surface area contributed by atoms with E-state index in [9.17, 15) is 9.18 Å². The Morgan fingerprint density at radius 1 is 1.19 bits per heavy atom. The van der Waals surface area contributed by atoms with Gasteiger partial charge in [-0.15, -0.1) is 0 Å². The molecule has 1 saturated heterocycles. The molecule has 0 spiro atoms. The fourth-order valence-corrected chi connectivity index (χ4v) is 4.21. The van der Waals surface area contributed by atoms with Gasteiger partial charge in [0.15, 0.2) is 0 Å². The maximum Gasteiger partial charge on any atom is 0.251 e. The van der Waals surface area contributed by atoms with Crippen LogP contribution in [0.5, 0.6) is 5.75 Å². The van der Waals surface area contributed by atoms with Crippen molar-refractivity contribution in [3.63, 3.8) is 0 Å². The van der Waals surface area contributed by atoms with Crippen LogP contribution in [0.3, 0.4) is 0 Å². The molecule has 1 N–H and O–H groups in total. The number of amides is 1. The third-order valence-electron chi connectivity index (χ3n) is 6.34. The predicted octanol–water partition coefficient (Wildman–Crippen LogP) is 5.49. The largest absolute Gasteiger partial charge is 0.496 e. The summed E-state index contributed by atoms with van der Waals surface area (Å²) in [6, 6.07) is 11.6. The number of carbonyl (C=O) groups excluding carboxylic acids is 1. The highest BCUT2D eigenvalue weighted by Gasteiger charge is 2.23. The molecule has 0 atom stereocenters. The summed E-state index contributed by atoms with van der Waals surface area (Å²) in [5.74, 6) is -0.118. The van der Waals surface area contributed by atoms with E-state index in [0.29, 0.717) is 35.7 Å². The van der Waals surface area contributed by atoms with Crippen LogP contribution >= 0.6 is 0 Å². The molecule has 36 heavy (non-hydrogen) atoms. The summed E-state index contributed by atoms with van der Waals surface area (Å²) in [6.07, 6.45) is 8.21. The Labute approximate surface area is 213 Å². The van der Waals surface area contributed by atoms with Crippen LogP contribution in [-0.4, -0.2) is 42.1 Å². The second kappa shape index (κ2) is 13.0. The zero-order valence-electron chi connectivity index (χ0n) is 21.8. The Morgan fingerprint density at radius 3 is 2.44 bits per heavy atom. The van der Waals surface area contributed by atoms with Gasteiger partial charge in [0, 0.05) is 54.8 Å². The fraction of sp³-hybridized carbons (Fsp3) is 0.379. The van der Waals surface area contributed by atoms with Crippen molar-refractivity contribution in [2.45, 2.75) is 46.1 Å². The number of aromatic nitrogens is 2. The number of halogens is 1. The van der Waals surface area contributed by atoms with Crippen LogP contribution < -0.4 is 10.1 Å². The second-order valence-corrected chi connectivity index (χ2v) is 8.77. The van der Waals surface area contributed by atoms with E-state index in [-0.39, 0.29) is 11.9 Å². The first-order valence-electron chi connectivity index (χ1n) is 12.3. The Kier molecular flexibility index (Phi) is 9.82. The molecule has 4 rings (SSSR count). The minimum absolute atomic E-state index is 0.0742. The first-order valence-corrected chi connectivity index (χ1v) is 12.3. The van der Waals surface area contributed by atoms with Crippen molar-refractivity contribution in [3.05, 3.63) is 77.4 Å². The lowest BCUT2D eigenvalue weighted by Gasteiger charge is -2.24. The highest BCUT2D eigenvalue weighted by molar-refractivity contribution is 6.20. The van der Waals surface area contributed by atoms with Crippen molar-refractivity contribution < 1.29 is 18.7 Å². The number of benzene rings is 2. The summed E-state index contributed by atoms with van der Waals surface area (Å²) in [4.78, 5) is 12.5. The van der Waals surface area contributed by atoms with Crippen LogP contribution in [0, 0.1) is 12.7 Å². The van der Waals surface area contributed by atoms with E-state index >= 15 is 0 Å². The molecule has 2 heterocycles. The molecule has 2 aromatic carbocycles. The molecule has 3 aromatic rings. The Bertz CT molecular complexity index is 1180. The monoisotopic (exact) mass is 493 g/mol. The fourth-order valence-electron chi connectivity index (χ4n) is 4.21. The van der Waals surface area contributed by atoms with Crippen LogP contribution in [0.4, 0.5) is 4.39 Å². The van der Waals surface area contributed by atoms with Gasteiger partial charge in [-0.05, 0) is 56.4 Å². The quantitative estimate of drug-likeness (QED) is 0.461. The van der Waals surface area contributed by atoms with Crippen molar-refractivity contribution in [3.8, 4) is 16.9 Å². The van der Waals surface area contributed by atoms with E-state index in [0.717, 1.165) is 19.3 Å². The maximum atomic E-state index is 14.2. The van der Waals surface area contributed by atoms with Gasteiger partial charge in [-0.2, -0.15) is 5.10 Å². The molecular weight excluding hydrogens is 457 g/mol. The van der Waals surface area contributed by atoms with Crippen LogP contribution in [0.25, 0.3) is 16.7 Å². The molecule has 0 aliphatic carbocycles. The summed E-state index contributed by atoms with van der Waals surface area (Å²) in [5, 5.41) is 7.12. The van der Waals surface area contributed by atoms with E-state index < -0.39 is 5.82 Å². The number of carbonyl (C=O) groups is 1. The predicted molar refractivity (Wildman–Crippen MR) is 141 cm³/mol. The molecule has 0 unspecified atom stereocenters. The summed E-state index contributed by atoms with van der Waals surface area (Å²) in [6.45, 7) is 6.93. The van der Waals surface area contributed by atoms with Gasteiger partial charge in [0.05, 0.1) is 13.3 Å². The maximum absolute atomic E-state index is 14.2. The number of methoxy groups -OCH3 is 1. The van der Waals surface area contributed by atoms with Crippen molar-refractivity contribution in [2.75, 3.05) is 20.3 Å². The minimum Gasteiger partial charge on any atom is -0.496 e. The molecular formula is C29H36FN3O3. The van der Waals surface area contributed by atoms with Crippen LogP contribution in [-0.2, 0) is 23.0 Å².